The molecule has 23 heavy (non-hydrogen) atoms. The quantitative estimate of drug-likeness (QED) is 0.667. The Balaban J connectivity index is 1.43. The molecule has 0 amide bonds. The average molecular weight is 319 g/mol. The van der Waals surface area contributed by atoms with Crippen LogP contribution in [0.5, 0.6) is 0 Å². The summed E-state index contributed by atoms with van der Waals surface area (Å²) in [5, 5.41) is 14.1. The van der Waals surface area contributed by atoms with Crippen molar-refractivity contribution >= 4 is 11.4 Å². The molecule has 0 aliphatic carbocycles. The molecule has 2 aliphatic heterocycles. The lowest BCUT2D eigenvalue weighted by Gasteiger charge is -2.34. The molecule has 0 saturated carbocycles. The molecule has 0 spiro atoms. The Morgan fingerprint density at radius 2 is 1.78 bits per heavy atom. The van der Waals surface area contributed by atoms with Crippen molar-refractivity contribution < 1.29 is 9.66 Å². The fourth-order valence-electron chi connectivity index (χ4n) is 3.39. The number of non-ortho nitro benzene ring substituents is 1. The van der Waals surface area contributed by atoms with E-state index in [1.165, 1.54) is 12.8 Å². The minimum Gasteiger partial charge on any atom is -0.378 e. The lowest BCUT2D eigenvalue weighted by atomic mass is 9.99. The summed E-state index contributed by atoms with van der Waals surface area (Å²) in [4.78, 5) is 12.6. The van der Waals surface area contributed by atoms with Crippen LogP contribution in [0.3, 0.4) is 0 Å². The van der Waals surface area contributed by atoms with Gasteiger partial charge >= 0.3 is 0 Å². The van der Waals surface area contributed by atoms with E-state index in [1.807, 2.05) is 12.1 Å². The van der Waals surface area contributed by atoms with E-state index in [9.17, 15) is 10.1 Å². The third-order valence-corrected chi connectivity index (χ3v) is 4.89. The van der Waals surface area contributed by atoms with Crippen molar-refractivity contribution in [2.75, 3.05) is 37.7 Å². The van der Waals surface area contributed by atoms with Gasteiger partial charge < -0.3 is 15.0 Å². The number of hydrogen-bond donors (Lipinski definition) is 1. The molecule has 2 heterocycles. The van der Waals surface area contributed by atoms with E-state index in [0.717, 1.165) is 51.3 Å². The summed E-state index contributed by atoms with van der Waals surface area (Å²) in [7, 11) is 0. The first-order chi connectivity index (χ1) is 11.2. The van der Waals surface area contributed by atoms with Crippen LogP contribution >= 0.6 is 0 Å². The second-order valence-electron chi connectivity index (χ2n) is 6.49. The number of anilines is 1. The van der Waals surface area contributed by atoms with Crippen LogP contribution in [0.2, 0.25) is 0 Å². The zero-order valence-electron chi connectivity index (χ0n) is 13.4. The van der Waals surface area contributed by atoms with Gasteiger partial charge in [-0.25, -0.2) is 0 Å². The van der Waals surface area contributed by atoms with Gasteiger partial charge in [-0.05, 0) is 56.8 Å². The first kappa shape index (κ1) is 16.2. The van der Waals surface area contributed by atoms with E-state index >= 15 is 0 Å². The number of rotatable bonds is 5. The molecule has 1 N–H and O–H groups in total. The number of ether oxygens (including phenoxy) is 1. The predicted molar refractivity (Wildman–Crippen MR) is 89.9 cm³/mol. The number of nitro benzene ring substituents is 1. The minimum absolute atomic E-state index is 0.147. The van der Waals surface area contributed by atoms with Gasteiger partial charge in [-0.15, -0.1) is 0 Å². The Hall–Kier alpha value is -1.66. The van der Waals surface area contributed by atoms with Crippen LogP contribution in [0.25, 0.3) is 0 Å². The standard InChI is InChI=1S/C17H25N3O3/c21-20(22)16-3-1-15(2-4-16)19-11-7-17(8-12-19)23-13-14-5-9-18-10-6-14/h1-4,14,17-18H,5-13H2. The van der Waals surface area contributed by atoms with Gasteiger partial charge in [0.25, 0.3) is 5.69 Å². The maximum absolute atomic E-state index is 10.7. The monoisotopic (exact) mass is 319 g/mol. The van der Waals surface area contributed by atoms with Crippen molar-refractivity contribution in [1.29, 1.82) is 0 Å². The van der Waals surface area contributed by atoms with Crippen LogP contribution in [0, 0.1) is 16.0 Å². The Bertz CT molecular complexity index is 506. The summed E-state index contributed by atoms with van der Waals surface area (Å²) in [6.45, 7) is 5.03. The number of hydrogen-bond acceptors (Lipinski definition) is 5. The van der Waals surface area contributed by atoms with E-state index in [-0.39, 0.29) is 10.6 Å². The third kappa shape index (κ3) is 4.42. The Kier molecular flexibility index (Phi) is 5.46. The fraction of sp³-hybridized carbons (Fsp3) is 0.647. The fourth-order valence-corrected chi connectivity index (χ4v) is 3.39. The van der Waals surface area contributed by atoms with Crippen molar-refractivity contribution in [3.63, 3.8) is 0 Å². The first-order valence-electron chi connectivity index (χ1n) is 8.54. The van der Waals surface area contributed by atoms with Crippen molar-refractivity contribution in [3.05, 3.63) is 34.4 Å². The van der Waals surface area contributed by atoms with Gasteiger partial charge in [0.1, 0.15) is 0 Å². The molecule has 3 rings (SSSR count). The Morgan fingerprint density at radius 1 is 1.13 bits per heavy atom. The van der Waals surface area contributed by atoms with Crippen LogP contribution in [0.15, 0.2) is 24.3 Å². The maximum Gasteiger partial charge on any atom is 0.269 e. The molecule has 1 aromatic rings. The summed E-state index contributed by atoms with van der Waals surface area (Å²) in [6.07, 6.45) is 4.87. The molecule has 2 fully saturated rings. The maximum atomic E-state index is 10.7. The van der Waals surface area contributed by atoms with Crippen LogP contribution in [-0.2, 0) is 4.74 Å². The molecule has 2 saturated heterocycles. The summed E-state index contributed by atoms with van der Waals surface area (Å²) >= 11 is 0. The van der Waals surface area contributed by atoms with Crippen LogP contribution in [0.4, 0.5) is 11.4 Å². The average Bonchev–Trinajstić information content (AvgIpc) is 2.61. The second kappa shape index (κ2) is 7.75. The molecular weight excluding hydrogens is 294 g/mol. The van der Waals surface area contributed by atoms with Gasteiger partial charge in [-0.2, -0.15) is 0 Å². The molecule has 6 heteroatoms. The molecule has 1 aromatic carbocycles. The van der Waals surface area contributed by atoms with Crippen molar-refractivity contribution in [2.45, 2.75) is 31.8 Å². The Morgan fingerprint density at radius 3 is 2.39 bits per heavy atom. The largest absolute Gasteiger partial charge is 0.378 e. The van der Waals surface area contributed by atoms with E-state index in [0.29, 0.717) is 12.0 Å². The zero-order chi connectivity index (χ0) is 16.1. The van der Waals surface area contributed by atoms with Gasteiger partial charge in [0.05, 0.1) is 11.0 Å². The molecule has 0 bridgehead atoms. The number of benzene rings is 1. The van der Waals surface area contributed by atoms with Crippen LogP contribution in [-0.4, -0.2) is 43.8 Å². The predicted octanol–water partition coefficient (Wildman–Crippen LogP) is 2.58. The summed E-state index contributed by atoms with van der Waals surface area (Å²) in [5.41, 5.74) is 1.21. The SMILES string of the molecule is O=[N+]([O-])c1ccc(N2CCC(OCC3CCNCC3)CC2)cc1. The molecule has 0 radical (unpaired) electrons. The summed E-state index contributed by atoms with van der Waals surface area (Å²) < 4.78 is 6.11. The normalized spacial score (nSPS) is 20.6. The molecule has 126 valence electrons. The highest BCUT2D eigenvalue weighted by molar-refractivity contribution is 5.51. The summed E-state index contributed by atoms with van der Waals surface area (Å²) in [5.74, 6) is 0.712. The number of piperidine rings is 2. The van der Waals surface area contributed by atoms with E-state index in [1.54, 1.807) is 12.1 Å². The highest BCUT2D eigenvalue weighted by Crippen LogP contribution is 2.24. The zero-order valence-corrected chi connectivity index (χ0v) is 13.4. The molecular formula is C17H25N3O3. The summed E-state index contributed by atoms with van der Waals surface area (Å²) in [6, 6.07) is 6.84. The lowest BCUT2D eigenvalue weighted by molar-refractivity contribution is -0.384. The molecule has 0 unspecified atom stereocenters. The molecule has 6 nitrogen and oxygen atoms in total. The molecule has 2 aliphatic rings. The van der Waals surface area contributed by atoms with Gasteiger partial charge in [0, 0.05) is 37.5 Å². The number of nitrogens with zero attached hydrogens (tertiary/aromatic N) is 2. The lowest BCUT2D eigenvalue weighted by Crippen LogP contribution is -2.38. The van der Waals surface area contributed by atoms with Crippen molar-refractivity contribution in [2.24, 2.45) is 5.92 Å². The van der Waals surface area contributed by atoms with Gasteiger partial charge in [0.2, 0.25) is 0 Å². The van der Waals surface area contributed by atoms with Gasteiger partial charge in [0.15, 0.2) is 0 Å². The topological polar surface area (TPSA) is 67.6 Å². The van der Waals surface area contributed by atoms with Gasteiger partial charge in [-0.1, -0.05) is 0 Å². The molecule has 0 aromatic heterocycles. The molecule has 0 atom stereocenters. The highest BCUT2D eigenvalue weighted by atomic mass is 16.6. The second-order valence-corrected chi connectivity index (χ2v) is 6.49. The highest BCUT2D eigenvalue weighted by Gasteiger charge is 2.22. The van der Waals surface area contributed by atoms with Crippen molar-refractivity contribution in [3.8, 4) is 0 Å². The number of nitrogens with one attached hydrogen (secondary N) is 1. The van der Waals surface area contributed by atoms with E-state index in [2.05, 4.69) is 10.2 Å². The van der Waals surface area contributed by atoms with Crippen LogP contribution in [0.1, 0.15) is 25.7 Å². The third-order valence-electron chi connectivity index (χ3n) is 4.89. The first-order valence-corrected chi connectivity index (χ1v) is 8.54. The van der Waals surface area contributed by atoms with Crippen molar-refractivity contribution in [1.82, 2.24) is 5.32 Å². The van der Waals surface area contributed by atoms with Gasteiger partial charge in [-0.3, -0.25) is 10.1 Å². The number of nitro groups is 1. The smallest absolute Gasteiger partial charge is 0.269 e. The van der Waals surface area contributed by atoms with Crippen LogP contribution < -0.4 is 10.2 Å². The Labute approximate surface area is 137 Å². The minimum atomic E-state index is -0.357. The van der Waals surface area contributed by atoms with E-state index in [4.69, 9.17) is 4.74 Å². The van der Waals surface area contributed by atoms with E-state index < -0.39 is 0 Å².